The van der Waals surface area contributed by atoms with Gasteiger partial charge < -0.3 is 25.3 Å². The number of piperazine rings is 1. The first-order valence-electron chi connectivity index (χ1n) is 11.7. The molecule has 0 spiro atoms. The number of H-pyrrole nitrogens is 1. The number of carbonyl (C=O) groups excluding carboxylic acids is 1. The number of pyridine rings is 2. The number of aromatic amines is 1. The Kier molecular flexibility index (Phi) is 6.10. The van der Waals surface area contributed by atoms with Gasteiger partial charge in [0, 0.05) is 51.9 Å². The number of benzene rings is 1. The summed E-state index contributed by atoms with van der Waals surface area (Å²) in [6.07, 6.45) is 3.51. The molecule has 0 atom stereocenters. The smallest absolute Gasteiger partial charge is 0.269 e. The van der Waals surface area contributed by atoms with Gasteiger partial charge in [0.1, 0.15) is 11.4 Å². The lowest BCUT2D eigenvalue weighted by Gasteiger charge is -2.36. The number of anilines is 2. The summed E-state index contributed by atoms with van der Waals surface area (Å²) in [5.41, 5.74) is 5.09. The Morgan fingerprint density at radius 3 is 2.74 bits per heavy atom. The van der Waals surface area contributed by atoms with E-state index in [0.717, 1.165) is 91.3 Å². The second-order valence-electron chi connectivity index (χ2n) is 8.80. The Bertz CT molecular complexity index is 1260. The number of fused-ring (bicyclic) bond motifs is 3. The molecule has 3 N–H and O–H groups in total. The van der Waals surface area contributed by atoms with E-state index in [1.165, 1.54) is 0 Å². The lowest BCUT2D eigenvalue weighted by Crippen LogP contribution is -2.46. The second-order valence-corrected chi connectivity index (χ2v) is 8.80. The van der Waals surface area contributed by atoms with Crippen molar-refractivity contribution in [2.75, 3.05) is 57.1 Å². The zero-order valence-corrected chi connectivity index (χ0v) is 19.6. The predicted octanol–water partition coefficient (Wildman–Crippen LogP) is 1.97. The van der Waals surface area contributed by atoms with Gasteiger partial charge in [0.15, 0.2) is 0 Å². The van der Waals surface area contributed by atoms with Gasteiger partial charge in [0.2, 0.25) is 0 Å². The van der Waals surface area contributed by atoms with Crippen LogP contribution in [0.4, 0.5) is 11.4 Å². The van der Waals surface area contributed by atoms with Crippen LogP contribution in [0.15, 0.2) is 35.3 Å². The summed E-state index contributed by atoms with van der Waals surface area (Å²) >= 11 is 0. The van der Waals surface area contributed by atoms with Crippen LogP contribution < -0.4 is 25.8 Å². The van der Waals surface area contributed by atoms with Crippen LogP contribution in [-0.2, 0) is 13.0 Å². The van der Waals surface area contributed by atoms with E-state index in [1.54, 1.807) is 26.4 Å². The molecule has 2 aliphatic rings. The van der Waals surface area contributed by atoms with E-state index < -0.39 is 0 Å². The van der Waals surface area contributed by atoms with Crippen LogP contribution in [-0.4, -0.2) is 67.7 Å². The number of hydrogen-bond donors (Lipinski definition) is 3. The van der Waals surface area contributed by atoms with Crippen molar-refractivity contribution in [1.82, 2.24) is 20.2 Å². The lowest BCUT2D eigenvalue weighted by molar-refractivity contribution is 0.0958. The normalized spacial score (nSPS) is 16.1. The van der Waals surface area contributed by atoms with Gasteiger partial charge in [-0.1, -0.05) is 0 Å². The minimum Gasteiger partial charge on any atom is -0.496 e. The largest absolute Gasteiger partial charge is 0.496 e. The lowest BCUT2D eigenvalue weighted by atomic mass is 9.99. The van der Waals surface area contributed by atoms with Crippen molar-refractivity contribution in [2.24, 2.45) is 0 Å². The molecule has 34 heavy (non-hydrogen) atoms. The monoisotopic (exact) mass is 462 g/mol. The molecule has 3 aromatic rings. The maximum Gasteiger partial charge on any atom is 0.269 e. The summed E-state index contributed by atoms with van der Waals surface area (Å²) in [6, 6.07) is 7.87. The minimum atomic E-state index is -0.181. The molecule has 1 aromatic carbocycles. The van der Waals surface area contributed by atoms with E-state index in [-0.39, 0.29) is 11.5 Å². The minimum absolute atomic E-state index is 0.0152. The highest BCUT2D eigenvalue weighted by Crippen LogP contribution is 2.35. The quantitative estimate of drug-likeness (QED) is 0.533. The molecule has 5 rings (SSSR count). The number of methoxy groups -OCH3 is 1. The standard InChI is InChI=1S/C25H30N6O3/c1-26-25(33)19-6-5-17(14-28-19)31-10-8-30(9-11-31)15-16-12-20-22(21(13-16)34-2)23-18(24(32)29-20)4-3-7-27-23/h5-6,12-14,27H,3-4,7-11,15H2,1-2H3,(H,26,33)(H,29,32). The molecule has 9 nitrogen and oxygen atoms in total. The third kappa shape index (κ3) is 4.19. The van der Waals surface area contributed by atoms with E-state index in [9.17, 15) is 9.59 Å². The number of nitrogens with one attached hydrogen (secondary N) is 3. The van der Waals surface area contributed by atoms with Crippen molar-refractivity contribution < 1.29 is 9.53 Å². The van der Waals surface area contributed by atoms with Crippen molar-refractivity contribution >= 4 is 28.2 Å². The molecule has 2 aromatic heterocycles. The van der Waals surface area contributed by atoms with Crippen molar-refractivity contribution in [3.05, 3.63) is 57.6 Å². The third-order valence-electron chi connectivity index (χ3n) is 6.71. The highest BCUT2D eigenvalue weighted by Gasteiger charge is 2.22. The summed E-state index contributed by atoms with van der Waals surface area (Å²) < 4.78 is 5.75. The van der Waals surface area contributed by atoms with E-state index in [4.69, 9.17) is 4.74 Å². The Hall–Kier alpha value is -3.59. The van der Waals surface area contributed by atoms with Crippen molar-refractivity contribution in [3.8, 4) is 5.75 Å². The Morgan fingerprint density at radius 2 is 2.03 bits per heavy atom. The SMILES string of the molecule is CNC(=O)c1ccc(N2CCN(Cc3cc(OC)c4c5c(c(=O)[nH]c4c3)CCCN5)CC2)cn1. The van der Waals surface area contributed by atoms with Crippen LogP contribution in [0.5, 0.6) is 5.75 Å². The number of ether oxygens (including phenoxy) is 1. The van der Waals surface area contributed by atoms with Crippen LogP contribution in [0.1, 0.15) is 28.0 Å². The summed E-state index contributed by atoms with van der Waals surface area (Å²) in [4.78, 5) is 36.4. The third-order valence-corrected chi connectivity index (χ3v) is 6.71. The average Bonchev–Trinajstić information content (AvgIpc) is 2.88. The number of hydrogen-bond acceptors (Lipinski definition) is 7. The number of nitrogens with zero attached hydrogens (tertiary/aromatic N) is 3. The number of amides is 1. The van der Waals surface area contributed by atoms with Crippen LogP contribution in [0, 0.1) is 0 Å². The van der Waals surface area contributed by atoms with E-state index in [1.807, 2.05) is 6.07 Å². The maximum absolute atomic E-state index is 12.6. The van der Waals surface area contributed by atoms with Gasteiger partial charge >= 0.3 is 0 Å². The summed E-state index contributed by atoms with van der Waals surface area (Å²) in [5, 5.41) is 6.96. The predicted molar refractivity (Wildman–Crippen MR) is 133 cm³/mol. The zero-order chi connectivity index (χ0) is 23.7. The molecule has 0 saturated carbocycles. The molecule has 0 aliphatic carbocycles. The summed E-state index contributed by atoms with van der Waals surface area (Å²) in [6.45, 7) is 5.20. The molecule has 4 heterocycles. The molecule has 9 heteroatoms. The molecule has 1 amide bonds. The molecule has 1 saturated heterocycles. The highest BCUT2D eigenvalue weighted by atomic mass is 16.5. The Morgan fingerprint density at radius 1 is 1.21 bits per heavy atom. The van der Waals surface area contributed by atoms with Gasteiger partial charge in [0.05, 0.1) is 35.6 Å². The fourth-order valence-corrected chi connectivity index (χ4v) is 4.91. The first kappa shape index (κ1) is 22.2. The number of aromatic nitrogens is 2. The number of carbonyl (C=O) groups is 1. The first-order valence-corrected chi connectivity index (χ1v) is 11.7. The Labute approximate surface area is 198 Å². The van der Waals surface area contributed by atoms with E-state index in [0.29, 0.717) is 5.69 Å². The van der Waals surface area contributed by atoms with Gasteiger partial charge in [-0.15, -0.1) is 0 Å². The fourth-order valence-electron chi connectivity index (χ4n) is 4.91. The molecule has 0 bridgehead atoms. The molecule has 2 aliphatic heterocycles. The van der Waals surface area contributed by atoms with Gasteiger partial charge in [-0.05, 0) is 42.7 Å². The van der Waals surface area contributed by atoms with Crippen molar-refractivity contribution in [1.29, 1.82) is 0 Å². The molecule has 178 valence electrons. The van der Waals surface area contributed by atoms with Gasteiger partial charge in [-0.3, -0.25) is 14.5 Å². The maximum atomic E-state index is 12.6. The molecule has 1 fully saturated rings. The van der Waals surface area contributed by atoms with E-state index in [2.05, 4.69) is 42.5 Å². The highest BCUT2D eigenvalue weighted by molar-refractivity contribution is 5.98. The van der Waals surface area contributed by atoms with Gasteiger partial charge in [-0.25, -0.2) is 4.98 Å². The summed E-state index contributed by atoms with van der Waals surface area (Å²) in [5.74, 6) is 0.607. The van der Waals surface area contributed by atoms with E-state index >= 15 is 0 Å². The second kappa shape index (κ2) is 9.34. The van der Waals surface area contributed by atoms with Crippen molar-refractivity contribution in [2.45, 2.75) is 19.4 Å². The first-order chi connectivity index (χ1) is 16.6. The molecule has 0 radical (unpaired) electrons. The molecule has 0 unspecified atom stereocenters. The Balaban J connectivity index is 1.31. The molecular formula is C25H30N6O3. The molecular weight excluding hydrogens is 432 g/mol. The fraction of sp³-hybridized carbons (Fsp3) is 0.400. The topological polar surface area (TPSA) is 103 Å². The van der Waals surface area contributed by atoms with Gasteiger partial charge in [-0.2, -0.15) is 0 Å². The van der Waals surface area contributed by atoms with Crippen LogP contribution in [0.25, 0.3) is 10.9 Å². The van der Waals surface area contributed by atoms with Crippen LogP contribution in [0.3, 0.4) is 0 Å². The van der Waals surface area contributed by atoms with Gasteiger partial charge in [0.25, 0.3) is 11.5 Å². The summed E-state index contributed by atoms with van der Waals surface area (Å²) in [7, 11) is 3.28. The average molecular weight is 463 g/mol. The zero-order valence-electron chi connectivity index (χ0n) is 19.6. The van der Waals surface area contributed by atoms with Crippen LogP contribution in [0.2, 0.25) is 0 Å². The van der Waals surface area contributed by atoms with Crippen LogP contribution >= 0.6 is 0 Å². The van der Waals surface area contributed by atoms with Crippen molar-refractivity contribution in [3.63, 3.8) is 0 Å². The number of rotatable bonds is 5.